The van der Waals surface area contributed by atoms with Crippen LogP contribution in [0.3, 0.4) is 0 Å². The Labute approximate surface area is 95.9 Å². The van der Waals surface area contributed by atoms with Crippen LogP contribution in [0.4, 0.5) is 0 Å². The van der Waals surface area contributed by atoms with Gasteiger partial charge in [-0.1, -0.05) is 13.3 Å². The Balaban J connectivity index is 3.62. The van der Waals surface area contributed by atoms with Gasteiger partial charge in [0.05, 0.1) is 19.2 Å². The number of nitrogens with one attached hydrogen (secondary N) is 2. The van der Waals surface area contributed by atoms with Crippen LogP contribution in [0.1, 0.15) is 19.8 Å². The first kappa shape index (κ1) is 14.9. The van der Waals surface area contributed by atoms with Gasteiger partial charge in [-0.15, -0.1) is 0 Å². The minimum atomic E-state index is -0.531. The number of amides is 2. The second-order valence-corrected chi connectivity index (χ2v) is 3.46. The molecule has 1 atom stereocenters. The van der Waals surface area contributed by atoms with Gasteiger partial charge in [0.15, 0.2) is 0 Å². The number of carbonyl (C=O) groups is 2. The summed E-state index contributed by atoms with van der Waals surface area (Å²) in [4.78, 5) is 22.5. The van der Waals surface area contributed by atoms with Crippen LogP contribution in [-0.2, 0) is 14.3 Å². The van der Waals surface area contributed by atoms with Crippen molar-refractivity contribution in [3.63, 3.8) is 0 Å². The van der Waals surface area contributed by atoms with Gasteiger partial charge in [0.1, 0.15) is 0 Å². The fourth-order valence-corrected chi connectivity index (χ4v) is 1.10. The molecule has 0 saturated heterocycles. The minimum absolute atomic E-state index is 0.0417. The van der Waals surface area contributed by atoms with Crippen LogP contribution >= 0.6 is 0 Å². The van der Waals surface area contributed by atoms with Gasteiger partial charge >= 0.3 is 0 Å². The van der Waals surface area contributed by atoms with Crippen molar-refractivity contribution in [2.45, 2.75) is 25.8 Å². The van der Waals surface area contributed by atoms with Crippen LogP contribution in [-0.4, -0.2) is 44.7 Å². The number of carbonyl (C=O) groups excluding carboxylic acids is 2. The first-order chi connectivity index (χ1) is 7.61. The van der Waals surface area contributed by atoms with Gasteiger partial charge in [-0.25, -0.2) is 0 Å². The van der Waals surface area contributed by atoms with Crippen molar-refractivity contribution in [3.8, 4) is 0 Å². The summed E-state index contributed by atoms with van der Waals surface area (Å²) in [5.41, 5.74) is 5.57. The fourth-order valence-electron chi connectivity index (χ4n) is 1.10. The third kappa shape index (κ3) is 7.19. The Morgan fingerprint density at radius 2 is 2.06 bits per heavy atom. The summed E-state index contributed by atoms with van der Waals surface area (Å²) in [5, 5.41) is 5.07. The van der Waals surface area contributed by atoms with E-state index in [1.54, 1.807) is 7.11 Å². The summed E-state index contributed by atoms with van der Waals surface area (Å²) < 4.78 is 4.77. The first-order valence-electron chi connectivity index (χ1n) is 5.40. The molecule has 94 valence electrons. The van der Waals surface area contributed by atoms with Gasteiger partial charge < -0.3 is 21.1 Å². The van der Waals surface area contributed by atoms with E-state index in [1.165, 1.54) is 0 Å². The molecular weight excluding hydrogens is 210 g/mol. The van der Waals surface area contributed by atoms with Gasteiger partial charge in [0.2, 0.25) is 11.8 Å². The maximum absolute atomic E-state index is 11.3. The van der Waals surface area contributed by atoms with Gasteiger partial charge in [-0.05, 0) is 6.42 Å². The lowest BCUT2D eigenvalue weighted by Crippen LogP contribution is -2.45. The molecule has 0 aromatic carbocycles. The van der Waals surface area contributed by atoms with E-state index in [0.717, 1.165) is 6.42 Å². The summed E-state index contributed by atoms with van der Waals surface area (Å²) in [6.07, 6.45) is 1.46. The maximum atomic E-state index is 11.3. The molecule has 0 aromatic heterocycles. The van der Waals surface area contributed by atoms with Gasteiger partial charge in [0.25, 0.3) is 0 Å². The molecule has 0 rings (SSSR count). The molecule has 1 unspecified atom stereocenters. The molecule has 0 aromatic rings. The van der Waals surface area contributed by atoms with Crippen molar-refractivity contribution in [2.75, 3.05) is 26.8 Å². The van der Waals surface area contributed by atoms with E-state index in [4.69, 9.17) is 10.5 Å². The third-order valence-corrected chi connectivity index (χ3v) is 1.99. The molecule has 16 heavy (non-hydrogen) atoms. The first-order valence-corrected chi connectivity index (χ1v) is 5.40. The molecule has 0 heterocycles. The van der Waals surface area contributed by atoms with Crippen molar-refractivity contribution >= 4 is 11.8 Å². The number of hydrogen-bond donors (Lipinski definition) is 3. The predicted molar refractivity (Wildman–Crippen MR) is 60.8 cm³/mol. The van der Waals surface area contributed by atoms with E-state index >= 15 is 0 Å². The summed E-state index contributed by atoms with van der Waals surface area (Å²) in [6.45, 7) is 2.80. The zero-order valence-corrected chi connectivity index (χ0v) is 9.91. The fraction of sp³-hybridized carbons (Fsp3) is 0.800. The highest BCUT2D eigenvalue weighted by molar-refractivity contribution is 5.87. The number of hydrogen-bond acceptors (Lipinski definition) is 4. The molecular formula is C10H21N3O3. The number of nitrogens with two attached hydrogens (primary N) is 1. The standard InChI is InChI=1S/C10H21N3O3/c1-3-4-8(11)10(15)13-7-9(14)12-5-6-16-2/h8H,3-7,11H2,1-2H3,(H,12,14)(H,13,15). The Kier molecular flexibility index (Phi) is 8.46. The van der Waals surface area contributed by atoms with Crippen molar-refractivity contribution < 1.29 is 14.3 Å². The summed E-state index contributed by atoms with van der Waals surface area (Å²) in [7, 11) is 1.55. The average Bonchev–Trinajstić information content (AvgIpc) is 2.26. The lowest BCUT2D eigenvalue weighted by atomic mass is 10.2. The molecule has 0 aliphatic rings. The van der Waals surface area contributed by atoms with E-state index in [9.17, 15) is 9.59 Å². The Bertz CT molecular complexity index is 221. The molecule has 0 aliphatic carbocycles. The predicted octanol–water partition coefficient (Wildman–Crippen LogP) is -1.01. The zero-order chi connectivity index (χ0) is 12.4. The van der Waals surface area contributed by atoms with E-state index < -0.39 is 6.04 Å². The molecule has 0 spiro atoms. The van der Waals surface area contributed by atoms with Crippen molar-refractivity contribution in [1.82, 2.24) is 10.6 Å². The second-order valence-electron chi connectivity index (χ2n) is 3.46. The summed E-state index contributed by atoms with van der Waals surface area (Å²) >= 11 is 0. The number of ether oxygens (including phenoxy) is 1. The van der Waals surface area contributed by atoms with Crippen LogP contribution in [0, 0.1) is 0 Å². The molecule has 6 heteroatoms. The quantitative estimate of drug-likeness (QED) is 0.467. The van der Waals surface area contributed by atoms with Crippen molar-refractivity contribution in [2.24, 2.45) is 5.73 Å². The van der Waals surface area contributed by atoms with E-state index in [-0.39, 0.29) is 18.4 Å². The largest absolute Gasteiger partial charge is 0.383 e. The summed E-state index contributed by atoms with van der Waals surface area (Å²) in [6, 6.07) is -0.531. The Hall–Kier alpha value is -1.14. The van der Waals surface area contributed by atoms with Crippen LogP contribution in [0.2, 0.25) is 0 Å². The van der Waals surface area contributed by atoms with E-state index in [1.807, 2.05) is 6.92 Å². The lowest BCUT2D eigenvalue weighted by molar-refractivity contribution is -0.127. The lowest BCUT2D eigenvalue weighted by Gasteiger charge is -2.11. The molecule has 0 fully saturated rings. The highest BCUT2D eigenvalue weighted by Crippen LogP contribution is 1.92. The van der Waals surface area contributed by atoms with Crippen molar-refractivity contribution in [3.05, 3.63) is 0 Å². The smallest absolute Gasteiger partial charge is 0.239 e. The molecule has 0 saturated carbocycles. The molecule has 6 nitrogen and oxygen atoms in total. The Morgan fingerprint density at radius 3 is 2.62 bits per heavy atom. The third-order valence-electron chi connectivity index (χ3n) is 1.99. The van der Waals surface area contributed by atoms with Crippen LogP contribution < -0.4 is 16.4 Å². The van der Waals surface area contributed by atoms with E-state index in [0.29, 0.717) is 19.6 Å². The highest BCUT2D eigenvalue weighted by Gasteiger charge is 2.12. The molecule has 0 bridgehead atoms. The van der Waals surface area contributed by atoms with Gasteiger partial charge in [0, 0.05) is 13.7 Å². The molecule has 4 N–H and O–H groups in total. The van der Waals surface area contributed by atoms with Crippen LogP contribution in [0.5, 0.6) is 0 Å². The number of methoxy groups -OCH3 is 1. The van der Waals surface area contributed by atoms with Crippen LogP contribution in [0.25, 0.3) is 0 Å². The SMILES string of the molecule is CCCC(N)C(=O)NCC(=O)NCCOC. The topological polar surface area (TPSA) is 93.5 Å². The van der Waals surface area contributed by atoms with Gasteiger partial charge in [-0.2, -0.15) is 0 Å². The van der Waals surface area contributed by atoms with Crippen LogP contribution in [0.15, 0.2) is 0 Å². The Morgan fingerprint density at radius 1 is 1.38 bits per heavy atom. The average molecular weight is 231 g/mol. The maximum Gasteiger partial charge on any atom is 0.239 e. The normalized spacial score (nSPS) is 11.9. The molecule has 2 amide bonds. The number of rotatable bonds is 8. The minimum Gasteiger partial charge on any atom is -0.383 e. The summed E-state index contributed by atoms with van der Waals surface area (Å²) in [5.74, 6) is -0.530. The molecule has 0 radical (unpaired) electrons. The van der Waals surface area contributed by atoms with E-state index in [2.05, 4.69) is 10.6 Å². The van der Waals surface area contributed by atoms with Crippen molar-refractivity contribution in [1.29, 1.82) is 0 Å². The monoisotopic (exact) mass is 231 g/mol. The second kappa shape index (κ2) is 9.11. The van der Waals surface area contributed by atoms with Gasteiger partial charge in [-0.3, -0.25) is 9.59 Å². The zero-order valence-electron chi connectivity index (χ0n) is 9.91. The highest BCUT2D eigenvalue weighted by atomic mass is 16.5. The molecule has 0 aliphatic heterocycles.